The van der Waals surface area contributed by atoms with Crippen LogP contribution in [-0.4, -0.2) is 4.98 Å². The Kier molecular flexibility index (Phi) is 4.40. The summed E-state index contributed by atoms with van der Waals surface area (Å²) in [6.07, 6.45) is 8.61. The summed E-state index contributed by atoms with van der Waals surface area (Å²) >= 11 is 0. The van der Waals surface area contributed by atoms with Crippen molar-refractivity contribution >= 4 is 66.5 Å². The quantitative estimate of drug-likeness (QED) is 0.267. The molecule has 2 nitrogen and oxygen atoms in total. The van der Waals surface area contributed by atoms with Crippen LogP contribution < -0.4 is 0 Å². The van der Waals surface area contributed by atoms with Crippen LogP contribution in [0.15, 0.2) is 108 Å². The average Bonchev–Trinajstić information content (AvgIpc) is 3.43. The van der Waals surface area contributed by atoms with Crippen LogP contribution in [0.5, 0.6) is 0 Å². The van der Waals surface area contributed by atoms with E-state index < -0.39 is 0 Å². The predicted molar refractivity (Wildman–Crippen MR) is 150 cm³/mol. The molecule has 0 unspecified atom stereocenters. The number of hydrogen-bond acceptors (Lipinski definition) is 1. The Labute approximate surface area is 202 Å². The lowest BCUT2D eigenvalue weighted by atomic mass is 10.0. The first-order chi connectivity index (χ1) is 17.3. The van der Waals surface area contributed by atoms with Crippen LogP contribution in [0.3, 0.4) is 0 Å². The largest absolute Gasteiger partial charge is 0.456 e. The molecule has 1 N–H and O–H groups in total. The van der Waals surface area contributed by atoms with E-state index in [1.807, 2.05) is 0 Å². The van der Waals surface area contributed by atoms with Gasteiger partial charge in [0.1, 0.15) is 11.2 Å². The van der Waals surface area contributed by atoms with E-state index in [1.54, 1.807) is 0 Å². The lowest BCUT2D eigenvalue weighted by Gasteiger charge is -2.01. The minimum absolute atomic E-state index is 0.922. The Hall–Kier alpha value is -4.56. The highest BCUT2D eigenvalue weighted by atomic mass is 16.3. The van der Waals surface area contributed by atoms with Gasteiger partial charge in [0.2, 0.25) is 0 Å². The van der Waals surface area contributed by atoms with E-state index in [0.29, 0.717) is 0 Å². The molecule has 7 aromatic rings. The standard InChI is InChI=1S/C33H23NO/c1-21-25(32-26-12-6-3-9-23(26)15-17-29(32)34-21)11-5-2-8-22-14-18-30-28(20-22)33-27-13-7-4-10-24(27)16-19-31(33)35-30/h2-20,34H,1H3/b8-2+,11-5-. The van der Waals surface area contributed by atoms with E-state index in [4.69, 9.17) is 4.42 Å². The van der Waals surface area contributed by atoms with E-state index in [1.165, 1.54) is 49.1 Å². The summed E-state index contributed by atoms with van der Waals surface area (Å²) in [6.45, 7) is 2.14. The van der Waals surface area contributed by atoms with Gasteiger partial charge in [-0.1, -0.05) is 91.0 Å². The third-order valence-electron chi connectivity index (χ3n) is 6.97. The number of H-pyrrole nitrogens is 1. The molecule has 2 heteroatoms. The second kappa shape index (κ2) is 7.75. The first-order valence-electron chi connectivity index (χ1n) is 11.9. The number of benzene rings is 5. The monoisotopic (exact) mass is 449 g/mol. The van der Waals surface area contributed by atoms with E-state index in [-0.39, 0.29) is 0 Å². The lowest BCUT2D eigenvalue weighted by Crippen LogP contribution is -1.77. The topological polar surface area (TPSA) is 28.9 Å². The zero-order chi connectivity index (χ0) is 23.4. The first kappa shape index (κ1) is 19.9. The minimum Gasteiger partial charge on any atom is -0.456 e. The summed E-state index contributed by atoms with van der Waals surface area (Å²) < 4.78 is 6.14. The average molecular weight is 450 g/mol. The molecule has 0 spiro atoms. The molecule has 0 fully saturated rings. The number of aromatic nitrogens is 1. The zero-order valence-electron chi connectivity index (χ0n) is 19.4. The molecule has 0 amide bonds. The van der Waals surface area contributed by atoms with Gasteiger partial charge in [-0.15, -0.1) is 0 Å². The molecule has 0 aliphatic heterocycles. The van der Waals surface area contributed by atoms with Crippen molar-refractivity contribution in [3.63, 3.8) is 0 Å². The fraction of sp³-hybridized carbons (Fsp3) is 0.0303. The van der Waals surface area contributed by atoms with Gasteiger partial charge in [-0.25, -0.2) is 0 Å². The highest BCUT2D eigenvalue weighted by Crippen LogP contribution is 2.35. The summed E-state index contributed by atoms with van der Waals surface area (Å²) in [6, 6.07) is 32.0. The van der Waals surface area contributed by atoms with Crippen molar-refractivity contribution in [1.82, 2.24) is 4.98 Å². The maximum absolute atomic E-state index is 6.14. The van der Waals surface area contributed by atoms with E-state index >= 15 is 0 Å². The number of hydrogen-bond donors (Lipinski definition) is 1. The van der Waals surface area contributed by atoms with Crippen molar-refractivity contribution in [2.45, 2.75) is 6.92 Å². The third kappa shape index (κ3) is 3.18. The Morgan fingerprint density at radius 2 is 1.31 bits per heavy atom. The molecule has 0 radical (unpaired) electrons. The molecule has 0 bridgehead atoms. The van der Waals surface area contributed by atoms with Crippen molar-refractivity contribution < 1.29 is 4.42 Å². The van der Waals surface area contributed by atoms with Crippen LogP contribution >= 0.6 is 0 Å². The van der Waals surface area contributed by atoms with Gasteiger partial charge < -0.3 is 9.40 Å². The molecule has 7 rings (SSSR count). The van der Waals surface area contributed by atoms with Gasteiger partial charge in [-0.2, -0.15) is 0 Å². The molecule has 0 aliphatic rings. The van der Waals surface area contributed by atoms with Crippen molar-refractivity contribution in [1.29, 1.82) is 0 Å². The molecule has 0 saturated heterocycles. The van der Waals surface area contributed by atoms with Crippen molar-refractivity contribution in [3.8, 4) is 0 Å². The number of nitrogens with one attached hydrogen (secondary N) is 1. The number of furan rings is 1. The van der Waals surface area contributed by atoms with Gasteiger partial charge >= 0.3 is 0 Å². The third-order valence-corrected chi connectivity index (χ3v) is 6.97. The summed E-state index contributed by atoms with van der Waals surface area (Å²) in [4.78, 5) is 3.54. The van der Waals surface area contributed by atoms with Crippen molar-refractivity contribution in [2.75, 3.05) is 0 Å². The molecule has 166 valence electrons. The zero-order valence-corrected chi connectivity index (χ0v) is 19.4. The smallest absolute Gasteiger partial charge is 0.136 e. The molecule has 0 atom stereocenters. The summed E-state index contributed by atoms with van der Waals surface area (Å²) in [5, 5.41) is 8.62. The van der Waals surface area contributed by atoms with Crippen molar-refractivity contribution in [2.24, 2.45) is 0 Å². The van der Waals surface area contributed by atoms with Crippen LogP contribution in [0.4, 0.5) is 0 Å². The molecule has 0 saturated carbocycles. The van der Waals surface area contributed by atoms with Crippen molar-refractivity contribution in [3.05, 3.63) is 120 Å². The van der Waals surface area contributed by atoms with Gasteiger partial charge in [-0.3, -0.25) is 0 Å². The first-order valence-corrected chi connectivity index (χ1v) is 11.9. The SMILES string of the molecule is Cc1[nH]c2ccc3ccccc3c2c1/C=C\C=C\c1ccc2oc3ccc4ccccc4c3c2c1. The van der Waals surface area contributed by atoms with E-state index in [9.17, 15) is 0 Å². The Balaban J connectivity index is 1.28. The van der Waals surface area contributed by atoms with E-state index in [2.05, 4.69) is 127 Å². The number of allylic oxidation sites excluding steroid dienone is 2. The molecular formula is C33H23NO. The molecule has 5 aromatic carbocycles. The number of rotatable bonds is 3. The second-order valence-electron chi connectivity index (χ2n) is 9.11. The highest BCUT2D eigenvalue weighted by Gasteiger charge is 2.11. The van der Waals surface area contributed by atoms with Gasteiger partial charge in [0.05, 0.1) is 0 Å². The van der Waals surface area contributed by atoms with Crippen LogP contribution in [-0.2, 0) is 0 Å². The van der Waals surface area contributed by atoms with Crippen LogP contribution in [0.25, 0.3) is 66.5 Å². The van der Waals surface area contributed by atoms with Crippen LogP contribution in [0.1, 0.15) is 16.8 Å². The fourth-order valence-corrected chi connectivity index (χ4v) is 5.32. The minimum atomic E-state index is 0.922. The molecule has 35 heavy (non-hydrogen) atoms. The Bertz CT molecular complexity index is 1960. The van der Waals surface area contributed by atoms with Crippen LogP contribution in [0, 0.1) is 6.92 Å². The van der Waals surface area contributed by atoms with Gasteiger partial charge in [0.25, 0.3) is 0 Å². The Morgan fingerprint density at radius 1 is 0.629 bits per heavy atom. The van der Waals surface area contributed by atoms with Gasteiger partial charge in [0, 0.05) is 32.9 Å². The fourth-order valence-electron chi connectivity index (χ4n) is 5.32. The highest BCUT2D eigenvalue weighted by molar-refractivity contribution is 6.19. The normalized spacial score (nSPS) is 12.5. The lowest BCUT2D eigenvalue weighted by molar-refractivity contribution is 0.669. The maximum Gasteiger partial charge on any atom is 0.136 e. The number of fused-ring (bicyclic) bond motifs is 8. The van der Waals surface area contributed by atoms with Gasteiger partial charge in [-0.05, 0) is 58.3 Å². The van der Waals surface area contributed by atoms with Gasteiger partial charge in [0.15, 0.2) is 0 Å². The molecule has 0 aliphatic carbocycles. The predicted octanol–water partition coefficient (Wildman–Crippen LogP) is 9.41. The number of aromatic amines is 1. The maximum atomic E-state index is 6.14. The summed E-state index contributed by atoms with van der Waals surface area (Å²) in [5.41, 5.74) is 6.60. The molecule has 2 heterocycles. The summed E-state index contributed by atoms with van der Waals surface area (Å²) in [5.74, 6) is 0. The van der Waals surface area contributed by atoms with E-state index in [0.717, 1.165) is 22.1 Å². The second-order valence-corrected chi connectivity index (χ2v) is 9.11. The van der Waals surface area contributed by atoms with Crippen LogP contribution in [0.2, 0.25) is 0 Å². The number of aryl methyl sites for hydroxylation is 1. The molecular weight excluding hydrogens is 426 g/mol. The Morgan fingerprint density at radius 3 is 2.14 bits per heavy atom. The summed E-state index contributed by atoms with van der Waals surface area (Å²) in [7, 11) is 0. The molecule has 2 aromatic heterocycles.